The van der Waals surface area contributed by atoms with Gasteiger partial charge in [-0.05, 0) is 36.8 Å². The summed E-state index contributed by atoms with van der Waals surface area (Å²) in [6.07, 6.45) is 6.96. The monoisotopic (exact) mass is 200 g/mol. The van der Waals surface area contributed by atoms with Gasteiger partial charge in [-0.2, -0.15) is 0 Å². The van der Waals surface area contributed by atoms with E-state index in [4.69, 9.17) is 0 Å². The Morgan fingerprint density at radius 1 is 1.13 bits per heavy atom. The first-order valence-corrected chi connectivity index (χ1v) is 5.62. The van der Waals surface area contributed by atoms with Crippen LogP contribution in [0.15, 0.2) is 42.0 Å². The zero-order valence-electron chi connectivity index (χ0n) is 8.91. The average Bonchev–Trinajstić information content (AvgIpc) is 2.66. The number of carbonyl (C=O) groups excluding carboxylic acids is 1. The number of ketones is 1. The highest BCUT2D eigenvalue weighted by Crippen LogP contribution is 2.20. The molecule has 15 heavy (non-hydrogen) atoms. The van der Waals surface area contributed by atoms with Crippen LogP contribution < -0.4 is 0 Å². The second-order valence-corrected chi connectivity index (χ2v) is 4.03. The Morgan fingerprint density at radius 2 is 1.93 bits per heavy atom. The lowest BCUT2D eigenvalue weighted by Gasteiger charge is -1.98. The van der Waals surface area contributed by atoms with Gasteiger partial charge in [0, 0.05) is 6.42 Å². The summed E-state index contributed by atoms with van der Waals surface area (Å²) in [5, 5.41) is 0. The number of carbonyl (C=O) groups is 1. The lowest BCUT2D eigenvalue weighted by Crippen LogP contribution is -1.92. The van der Waals surface area contributed by atoms with Gasteiger partial charge in [0.25, 0.3) is 0 Å². The van der Waals surface area contributed by atoms with Crippen LogP contribution in [0.1, 0.15) is 31.2 Å². The van der Waals surface area contributed by atoms with Crippen LogP contribution in [0.2, 0.25) is 0 Å². The van der Waals surface area contributed by atoms with Crippen LogP contribution in [0, 0.1) is 0 Å². The highest BCUT2D eigenvalue weighted by molar-refractivity contribution is 5.97. The molecule has 1 fully saturated rings. The predicted molar refractivity (Wildman–Crippen MR) is 61.7 cm³/mol. The molecule has 78 valence electrons. The Balaban J connectivity index is 1.87. The first-order chi connectivity index (χ1) is 7.36. The van der Waals surface area contributed by atoms with Crippen LogP contribution in [0.3, 0.4) is 0 Å². The molecule has 0 bridgehead atoms. The van der Waals surface area contributed by atoms with E-state index in [1.54, 1.807) is 0 Å². The fourth-order valence-electron chi connectivity index (χ4n) is 2.01. The molecule has 1 nitrogen and oxygen atoms in total. The molecule has 0 atom stereocenters. The molecular formula is C14H16O. The molecule has 0 N–H and O–H groups in total. The minimum Gasteiger partial charge on any atom is -0.295 e. The summed E-state index contributed by atoms with van der Waals surface area (Å²) in [5.41, 5.74) is 2.41. The van der Waals surface area contributed by atoms with Gasteiger partial charge in [0.2, 0.25) is 0 Å². The second kappa shape index (κ2) is 4.92. The highest BCUT2D eigenvalue weighted by Gasteiger charge is 2.15. The maximum atomic E-state index is 11.3. The maximum Gasteiger partial charge on any atom is 0.158 e. The number of allylic oxidation sites excluding steroid dienone is 2. The molecule has 0 amide bonds. The van der Waals surface area contributed by atoms with E-state index >= 15 is 0 Å². The largest absolute Gasteiger partial charge is 0.295 e. The first kappa shape index (κ1) is 10.2. The van der Waals surface area contributed by atoms with Crippen LogP contribution in [0.25, 0.3) is 0 Å². The Hall–Kier alpha value is -1.37. The SMILES string of the molecule is O=C1CCC/C1=C\CCc1ccccc1. The van der Waals surface area contributed by atoms with Crippen LogP contribution in [-0.4, -0.2) is 5.78 Å². The van der Waals surface area contributed by atoms with Crippen LogP contribution in [-0.2, 0) is 11.2 Å². The van der Waals surface area contributed by atoms with Gasteiger partial charge in [-0.1, -0.05) is 36.4 Å². The molecule has 1 aromatic rings. The molecule has 1 saturated carbocycles. The molecule has 0 radical (unpaired) electrons. The number of hydrogen-bond donors (Lipinski definition) is 0. The summed E-state index contributed by atoms with van der Waals surface area (Å²) < 4.78 is 0. The van der Waals surface area contributed by atoms with Crippen molar-refractivity contribution in [3.63, 3.8) is 0 Å². The topological polar surface area (TPSA) is 17.1 Å². The number of benzene rings is 1. The van der Waals surface area contributed by atoms with Crippen LogP contribution >= 0.6 is 0 Å². The van der Waals surface area contributed by atoms with Crippen molar-refractivity contribution < 1.29 is 4.79 Å². The van der Waals surface area contributed by atoms with E-state index in [1.165, 1.54) is 5.56 Å². The van der Waals surface area contributed by atoms with Crippen LogP contribution in [0.4, 0.5) is 0 Å². The third-order valence-corrected chi connectivity index (χ3v) is 2.87. The lowest BCUT2D eigenvalue weighted by molar-refractivity contribution is -0.114. The van der Waals surface area contributed by atoms with Gasteiger partial charge in [0.15, 0.2) is 5.78 Å². The van der Waals surface area contributed by atoms with Crippen LogP contribution in [0.5, 0.6) is 0 Å². The Kier molecular flexibility index (Phi) is 3.33. The Labute approximate surface area is 90.8 Å². The average molecular weight is 200 g/mol. The number of Topliss-reactive ketones (excluding diaryl/α,β-unsaturated/α-hetero) is 1. The van der Waals surface area contributed by atoms with Gasteiger partial charge in [0.05, 0.1) is 0 Å². The zero-order chi connectivity index (χ0) is 10.5. The summed E-state index contributed by atoms with van der Waals surface area (Å²) in [6.45, 7) is 0. The summed E-state index contributed by atoms with van der Waals surface area (Å²) in [4.78, 5) is 11.3. The van der Waals surface area contributed by atoms with Gasteiger partial charge in [-0.3, -0.25) is 4.79 Å². The van der Waals surface area contributed by atoms with Crippen molar-refractivity contribution in [2.24, 2.45) is 0 Å². The minimum atomic E-state index is 0.364. The first-order valence-electron chi connectivity index (χ1n) is 5.62. The van der Waals surface area contributed by atoms with E-state index < -0.39 is 0 Å². The van der Waals surface area contributed by atoms with Crippen molar-refractivity contribution in [1.82, 2.24) is 0 Å². The van der Waals surface area contributed by atoms with Gasteiger partial charge >= 0.3 is 0 Å². The smallest absolute Gasteiger partial charge is 0.158 e. The Bertz CT molecular complexity index is 362. The lowest BCUT2D eigenvalue weighted by atomic mass is 10.1. The van der Waals surface area contributed by atoms with E-state index in [0.717, 1.165) is 37.7 Å². The van der Waals surface area contributed by atoms with Gasteiger partial charge < -0.3 is 0 Å². The molecule has 2 rings (SSSR count). The van der Waals surface area contributed by atoms with E-state index in [1.807, 2.05) is 6.07 Å². The van der Waals surface area contributed by atoms with Crippen molar-refractivity contribution in [3.8, 4) is 0 Å². The minimum absolute atomic E-state index is 0.364. The number of hydrogen-bond acceptors (Lipinski definition) is 1. The fourth-order valence-corrected chi connectivity index (χ4v) is 2.01. The molecule has 1 heteroatoms. The molecule has 1 aromatic carbocycles. The molecule has 0 aliphatic heterocycles. The van der Waals surface area contributed by atoms with Gasteiger partial charge in [-0.15, -0.1) is 0 Å². The molecule has 0 saturated heterocycles. The van der Waals surface area contributed by atoms with E-state index in [9.17, 15) is 4.79 Å². The summed E-state index contributed by atoms with van der Waals surface area (Å²) in [5.74, 6) is 0.364. The fraction of sp³-hybridized carbons (Fsp3) is 0.357. The molecule has 0 unspecified atom stereocenters. The number of rotatable bonds is 3. The zero-order valence-corrected chi connectivity index (χ0v) is 8.91. The highest BCUT2D eigenvalue weighted by atomic mass is 16.1. The number of aryl methyl sites for hydroxylation is 1. The third kappa shape index (κ3) is 2.79. The van der Waals surface area contributed by atoms with E-state index in [0.29, 0.717) is 5.78 Å². The summed E-state index contributed by atoms with van der Waals surface area (Å²) >= 11 is 0. The van der Waals surface area contributed by atoms with Crippen molar-refractivity contribution in [2.45, 2.75) is 32.1 Å². The van der Waals surface area contributed by atoms with Crippen molar-refractivity contribution in [2.75, 3.05) is 0 Å². The van der Waals surface area contributed by atoms with Crippen molar-refractivity contribution in [3.05, 3.63) is 47.5 Å². The molecule has 1 aliphatic carbocycles. The Morgan fingerprint density at radius 3 is 2.60 bits per heavy atom. The van der Waals surface area contributed by atoms with E-state index in [-0.39, 0.29) is 0 Å². The molecular weight excluding hydrogens is 184 g/mol. The quantitative estimate of drug-likeness (QED) is 0.684. The summed E-state index contributed by atoms with van der Waals surface area (Å²) in [6, 6.07) is 10.4. The second-order valence-electron chi connectivity index (χ2n) is 4.03. The van der Waals surface area contributed by atoms with Gasteiger partial charge in [-0.25, -0.2) is 0 Å². The molecule has 0 aromatic heterocycles. The molecule has 0 heterocycles. The van der Waals surface area contributed by atoms with Crippen molar-refractivity contribution >= 4 is 5.78 Å². The normalized spacial score (nSPS) is 18.7. The van der Waals surface area contributed by atoms with Crippen molar-refractivity contribution in [1.29, 1.82) is 0 Å². The maximum absolute atomic E-state index is 11.3. The van der Waals surface area contributed by atoms with E-state index in [2.05, 4.69) is 30.3 Å². The van der Waals surface area contributed by atoms with Gasteiger partial charge in [0.1, 0.15) is 0 Å². The third-order valence-electron chi connectivity index (χ3n) is 2.87. The summed E-state index contributed by atoms with van der Waals surface area (Å²) in [7, 11) is 0. The predicted octanol–water partition coefficient (Wildman–Crippen LogP) is 3.30. The molecule has 0 spiro atoms. The standard InChI is InChI=1S/C14H16O/c15-14-11-5-10-13(14)9-4-8-12-6-2-1-3-7-12/h1-3,6-7,9H,4-5,8,10-11H2/b13-9+. The molecule has 1 aliphatic rings.